The van der Waals surface area contributed by atoms with E-state index in [-0.39, 0.29) is 29.4 Å². The summed E-state index contributed by atoms with van der Waals surface area (Å²) >= 11 is 0. The lowest BCUT2D eigenvalue weighted by Crippen LogP contribution is -2.52. The molecule has 0 saturated carbocycles. The highest BCUT2D eigenvalue weighted by Gasteiger charge is 2.39. The van der Waals surface area contributed by atoms with Gasteiger partial charge in [-0.05, 0) is 30.2 Å². The molecule has 2 aromatic rings. The molecule has 1 aromatic heterocycles. The number of aryl methyl sites for hydroxylation is 1. The Balaban J connectivity index is 1.48. The van der Waals surface area contributed by atoms with E-state index in [1.807, 2.05) is 26.8 Å². The van der Waals surface area contributed by atoms with Gasteiger partial charge in [0.25, 0.3) is 5.91 Å². The fourth-order valence-electron chi connectivity index (χ4n) is 3.86. The number of nitrogens with one attached hydrogen (secondary N) is 1. The molecule has 0 radical (unpaired) electrons. The number of carbonyl (C=O) groups is 4. The first-order chi connectivity index (χ1) is 14.6. The van der Waals surface area contributed by atoms with Crippen molar-refractivity contribution >= 4 is 23.5 Å². The van der Waals surface area contributed by atoms with Crippen molar-refractivity contribution in [2.24, 2.45) is 5.41 Å². The van der Waals surface area contributed by atoms with Gasteiger partial charge in [-0.1, -0.05) is 26.0 Å². The number of benzene rings is 1. The van der Waals surface area contributed by atoms with E-state index >= 15 is 0 Å². The van der Waals surface area contributed by atoms with Crippen LogP contribution in [0.4, 0.5) is 0 Å². The van der Waals surface area contributed by atoms with Crippen LogP contribution in [0.2, 0.25) is 0 Å². The second-order valence-electron chi connectivity index (χ2n) is 9.07. The Morgan fingerprint density at radius 3 is 2.71 bits per heavy atom. The van der Waals surface area contributed by atoms with E-state index < -0.39 is 11.9 Å². The van der Waals surface area contributed by atoms with Crippen LogP contribution in [-0.4, -0.2) is 49.4 Å². The van der Waals surface area contributed by atoms with Crippen molar-refractivity contribution in [1.29, 1.82) is 0 Å². The molecule has 9 heteroatoms. The molecule has 4 rings (SSSR count). The minimum atomic E-state index is -0.639. The van der Waals surface area contributed by atoms with Gasteiger partial charge in [-0.2, -0.15) is 0 Å². The van der Waals surface area contributed by atoms with Crippen LogP contribution in [0.5, 0.6) is 0 Å². The quantitative estimate of drug-likeness (QED) is 0.731. The maximum Gasteiger partial charge on any atom is 0.255 e. The molecule has 1 fully saturated rings. The van der Waals surface area contributed by atoms with Crippen LogP contribution in [0.15, 0.2) is 24.4 Å². The molecule has 1 unspecified atom stereocenters. The number of rotatable bonds is 5. The van der Waals surface area contributed by atoms with Gasteiger partial charge >= 0.3 is 0 Å². The molecule has 31 heavy (non-hydrogen) atoms. The van der Waals surface area contributed by atoms with Gasteiger partial charge in [-0.25, -0.2) is 4.68 Å². The van der Waals surface area contributed by atoms with Gasteiger partial charge < -0.3 is 4.90 Å². The third-order valence-electron chi connectivity index (χ3n) is 5.76. The van der Waals surface area contributed by atoms with Crippen molar-refractivity contribution in [2.45, 2.75) is 59.0 Å². The van der Waals surface area contributed by atoms with Crippen LogP contribution in [0, 0.1) is 5.41 Å². The van der Waals surface area contributed by atoms with Gasteiger partial charge in [-0.15, -0.1) is 5.10 Å². The van der Waals surface area contributed by atoms with E-state index in [9.17, 15) is 19.2 Å². The highest BCUT2D eigenvalue weighted by molar-refractivity contribution is 6.05. The summed E-state index contributed by atoms with van der Waals surface area (Å²) in [6.07, 6.45) is 3.26. The monoisotopic (exact) mass is 423 g/mol. The number of nitrogens with zero attached hydrogens (tertiary/aromatic N) is 4. The summed E-state index contributed by atoms with van der Waals surface area (Å²) in [6, 6.07) is 4.73. The maximum atomic E-state index is 12.8. The predicted molar refractivity (Wildman–Crippen MR) is 110 cm³/mol. The molecule has 1 atom stereocenters. The van der Waals surface area contributed by atoms with E-state index in [1.165, 1.54) is 4.90 Å². The number of aromatic nitrogens is 3. The van der Waals surface area contributed by atoms with Gasteiger partial charge in [-0.3, -0.25) is 24.5 Å². The Morgan fingerprint density at radius 1 is 1.23 bits per heavy atom. The topological polar surface area (TPSA) is 114 Å². The van der Waals surface area contributed by atoms with Crippen molar-refractivity contribution in [2.75, 3.05) is 0 Å². The lowest BCUT2D eigenvalue weighted by atomic mass is 9.88. The van der Waals surface area contributed by atoms with E-state index in [0.717, 1.165) is 16.9 Å². The molecular weight excluding hydrogens is 398 g/mol. The molecule has 162 valence electrons. The lowest BCUT2D eigenvalue weighted by Gasteiger charge is -2.29. The third kappa shape index (κ3) is 4.12. The number of piperidine rings is 1. The predicted octanol–water partition coefficient (Wildman–Crippen LogP) is 1.58. The van der Waals surface area contributed by atoms with Gasteiger partial charge in [0.05, 0.1) is 17.6 Å². The van der Waals surface area contributed by atoms with Gasteiger partial charge in [0, 0.05) is 36.8 Å². The summed E-state index contributed by atoms with van der Waals surface area (Å²) in [5, 5.41) is 10.6. The smallest absolute Gasteiger partial charge is 0.255 e. The van der Waals surface area contributed by atoms with Crippen molar-refractivity contribution in [1.82, 2.24) is 25.2 Å². The summed E-state index contributed by atoms with van der Waals surface area (Å²) < 4.78 is 1.62. The van der Waals surface area contributed by atoms with Crippen LogP contribution < -0.4 is 5.32 Å². The van der Waals surface area contributed by atoms with Gasteiger partial charge in [0.1, 0.15) is 11.8 Å². The first-order valence-corrected chi connectivity index (χ1v) is 10.4. The zero-order valence-electron chi connectivity index (χ0n) is 17.8. The Morgan fingerprint density at radius 2 is 2.00 bits per heavy atom. The van der Waals surface area contributed by atoms with Crippen LogP contribution in [0.3, 0.4) is 0 Å². The fourth-order valence-corrected chi connectivity index (χ4v) is 3.86. The number of hydrogen-bond donors (Lipinski definition) is 1. The molecule has 1 N–H and O–H groups in total. The molecule has 1 saturated heterocycles. The summed E-state index contributed by atoms with van der Waals surface area (Å²) in [6.45, 7) is 6.00. The van der Waals surface area contributed by atoms with Crippen LogP contribution in [-0.2, 0) is 27.3 Å². The molecule has 2 aliphatic rings. The summed E-state index contributed by atoms with van der Waals surface area (Å²) in [5.74, 6) is -0.773. The molecule has 3 heterocycles. The fraction of sp³-hybridized carbons (Fsp3) is 0.455. The molecule has 9 nitrogen and oxygen atoms in total. The average molecular weight is 423 g/mol. The molecule has 1 aromatic carbocycles. The van der Waals surface area contributed by atoms with Crippen LogP contribution in [0.25, 0.3) is 5.69 Å². The second-order valence-corrected chi connectivity index (χ2v) is 9.07. The first-order valence-electron chi connectivity index (χ1n) is 10.4. The van der Waals surface area contributed by atoms with Gasteiger partial charge in [0.15, 0.2) is 0 Å². The number of ketones is 1. The van der Waals surface area contributed by atoms with E-state index in [2.05, 4.69) is 15.6 Å². The maximum absolute atomic E-state index is 12.8. The largest absolute Gasteiger partial charge is 0.322 e. The summed E-state index contributed by atoms with van der Waals surface area (Å²) in [7, 11) is 0. The standard InChI is InChI=1S/C22H25N5O4/c1-22(2,3)18(28)8-4-14-12-27(25-24-14)15-5-6-16-13(10-15)11-26(21(16)31)17-7-9-19(29)23-20(17)30/h5-6,10,12,17H,4,7-9,11H2,1-3H3,(H,23,29,30). The Kier molecular flexibility index (Phi) is 5.20. The SMILES string of the molecule is CC(C)(C)C(=O)CCc1cn(-c2ccc3c(c2)CN(C2CCC(=O)NC2=O)C3=O)nn1. The van der Waals surface area contributed by atoms with E-state index in [0.29, 0.717) is 31.4 Å². The molecule has 0 bridgehead atoms. The Bertz CT molecular complexity index is 1080. The van der Waals surface area contributed by atoms with Crippen LogP contribution in [0.1, 0.15) is 61.6 Å². The van der Waals surface area contributed by atoms with E-state index in [4.69, 9.17) is 0 Å². The number of hydrogen-bond acceptors (Lipinski definition) is 6. The van der Waals surface area contributed by atoms with Gasteiger partial charge in [0.2, 0.25) is 11.8 Å². The van der Waals surface area contributed by atoms with Crippen molar-refractivity contribution in [3.8, 4) is 5.69 Å². The minimum Gasteiger partial charge on any atom is -0.322 e. The van der Waals surface area contributed by atoms with Crippen molar-refractivity contribution < 1.29 is 19.2 Å². The van der Waals surface area contributed by atoms with Crippen molar-refractivity contribution in [3.05, 3.63) is 41.2 Å². The second kappa shape index (κ2) is 7.72. The van der Waals surface area contributed by atoms with E-state index in [1.54, 1.807) is 23.0 Å². The number of imide groups is 1. The van der Waals surface area contributed by atoms with Crippen molar-refractivity contribution in [3.63, 3.8) is 0 Å². The lowest BCUT2D eigenvalue weighted by molar-refractivity contribution is -0.137. The first kappa shape index (κ1) is 20.9. The molecule has 0 spiro atoms. The number of amides is 3. The third-order valence-corrected chi connectivity index (χ3v) is 5.76. The number of Topliss-reactive ketones (excluding diaryl/α,β-unsaturated/α-hetero) is 1. The highest BCUT2D eigenvalue weighted by atomic mass is 16.2. The molecule has 0 aliphatic carbocycles. The molecule has 3 amide bonds. The zero-order chi connectivity index (χ0) is 22.3. The minimum absolute atomic E-state index is 0.173. The normalized spacial score (nSPS) is 18.9. The average Bonchev–Trinajstić information content (AvgIpc) is 3.30. The Labute approximate surface area is 179 Å². The summed E-state index contributed by atoms with van der Waals surface area (Å²) in [4.78, 5) is 50.0. The summed E-state index contributed by atoms with van der Waals surface area (Å²) in [5.41, 5.74) is 2.44. The number of fused-ring (bicyclic) bond motifs is 1. The van der Waals surface area contributed by atoms with Crippen LogP contribution >= 0.6 is 0 Å². The molecule has 2 aliphatic heterocycles. The highest BCUT2D eigenvalue weighted by Crippen LogP contribution is 2.29. The zero-order valence-corrected chi connectivity index (χ0v) is 17.8. The molecular formula is C22H25N5O4. The number of carbonyl (C=O) groups excluding carboxylic acids is 4. The Hall–Kier alpha value is -3.36.